The maximum atomic E-state index is 12.8. The van der Waals surface area contributed by atoms with E-state index in [4.69, 9.17) is 9.47 Å². The van der Waals surface area contributed by atoms with Crippen molar-refractivity contribution in [1.29, 1.82) is 0 Å². The highest BCUT2D eigenvalue weighted by Crippen LogP contribution is 2.23. The molecule has 0 fully saturated rings. The fourth-order valence-electron chi connectivity index (χ4n) is 4.04. The summed E-state index contributed by atoms with van der Waals surface area (Å²) in [6.07, 6.45) is -2.70. The monoisotopic (exact) mass is 526 g/mol. The lowest BCUT2D eigenvalue weighted by atomic mass is 9.96. The first-order valence-corrected chi connectivity index (χ1v) is 12.8. The Balaban J connectivity index is 2.14. The number of hydrogen-bond donors (Lipinski definition) is 2. The lowest BCUT2D eigenvalue weighted by Crippen LogP contribution is -2.46. The molecule has 2 N–H and O–H groups in total. The second-order valence-corrected chi connectivity index (χ2v) is 10.5. The molecule has 4 unspecified atom stereocenters. The SMILES string of the molecule is CC(C)Cc1ccc(C(C)C(=O)OC(C(=O)O)C(OC(=O)C(C)c2ccc(CC(C)C)cc2)C(=O)O)cc1. The number of carbonyl (C=O) groups excluding carboxylic acids is 2. The van der Waals surface area contributed by atoms with E-state index >= 15 is 0 Å². The molecular formula is C30H38O8. The minimum absolute atomic E-state index is 0.460. The first-order valence-electron chi connectivity index (χ1n) is 12.8. The van der Waals surface area contributed by atoms with Crippen molar-refractivity contribution < 1.29 is 38.9 Å². The van der Waals surface area contributed by atoms with E-state index in [1.54, 1.807) is 24.3 Å². The molecule has 0 spiro atoms. The molecule has 0 saturated carbocycles. The second kappa shape index (κ2) is 13.7. The van der Waals surface area contributed by atoms with E-state index in [1.807, 2.05) is 24.3 Å². The van der Waals surface area contributed by atoms with Crippen LogP contribution >= 0.6 is 0 Å². The van der Waals surface area contributed by atoms with Gasteiger partial charge in [0.15, 0.2) is 0 Å². The van der Waals surface area contributed by atoms with Crippen molar-refractivity contribution in [2.24, 2.45) is 11.8 Å². The Morgan fingerprint density at radius 2 is 0.868 bits per heavy atom. The summed E-state index contributed by atoms with van der Waals surface area (Å²) in [5.74, 6) is -6.15. The summed E-state index contributed by atoms with van der Waals surface area (Å²) in [6, 6.07) is 14.5. The summed E-state index contributed by atoms with van der Waals surface area (Å²) in [6.45, 7) is 11.4. The molecule has 0 aliphatic rings. The molecule has 0 bridgehead atoms. The molecular weight excluding hydrogens is 488 g/mol. The third kappa shape index (κ3) is 8.71. The van der Waals surface area contributed by atoms with E-state index in [0.29, 0.717) is 23.0 Å². The number of carboxylic acids is 2. The zero-order valence-corrected chi connectivity index (χ0v) is 22.8. The van der Waals surface area contributed by atoms with Crippen LogP contribution in [0.3, 0.4) is 0 Å². The van der Waals surface area contributed by atoms with Crippen LogP contribution in [0.5, 0.6) is 0 Å². The number of hydrogen-bond acceptors (Lipinski definition) is 6. The van der Waals surface area contributed by atoms with Gasteiger partial charge in [-0.05, 0) is 60.8 Å². The van der Waals surface area contributed by atoms with E-state index in [0.717, 1.165) is 24.0 Å². The molecule has 2 rings (SSSR count). The number of carbonyl (C=O) groups is 4. The molecule has 0 saturated heterocycles. The average molecular weight is 527 g/mol. The van der Waals surface area contributed by atoms with Gasteiger partial charge in [-0.2, -0.15) is 0 Å². The van der Waals surface area contributed by atoms with Gasteiger partial charge in [0.1, 0.15) is 0 Å². The zero-order chi connectivity index (χ0) is 28.6. The van der Waals surface area contributed by atoms with Crippen LogP contribution in [-0.4, -0.2) is 46.3 Å². The standard InChI is InChI=1S/C30H38O8/c1-17(2)15-21-7-11-23(12-8-21)19(5)29(35)37-25(27(31)32)26(28(33)34)38-30(36)20(6)24-13-9-22(10-14-24)16-18(3)4/h7-14,17-20,25-26H,15-16H2,1-6H3,(H,31,32)(H,33,34). The molecule has 0 aromatic heterocycles. The van der Waals surface area contributed by atoms with Gasteiger partial charge in [-0.15, -0.1) is 0 Å². The maximum Gasteiger partial charge on any atom is 0.349 e. The number of ether oxygens (including phenoxy) is 2. The largest absolute Gasteiger partial charge is 0.478 e. The molecule has 38 heavy (non-hydrogen) atoms. The van der Waals surface area contributed by atoms with Crippen molar-refractivity contribution >= 4 is 23.9 Å². The number of rotatable bonds is 13. The van der Waals surface area contributed by atoms with Crippen molar-refractivity contribution in [2.75, 3.05) is 0 Å². The van der Waals surface area contributed by atoms with Gasteiger partial charge in [0, 0.05) is 0 Å². The van der Waals surface area contributed by atoms with Crippen LogP contribution in [0.4, 0.5) is 0 Å². The highest BCUT2D eigenvalue weighted by atomic mass is 16.6. The van der Waals surface area contributed by atoms with Gasteiger partial charge in [0.25, 0.3) is 0 Å². The number of benzene rings is 2. The molecule has 206 valence electrons. The van der Waals surface area contributed by atoms with Gasteiger partial charge in [-0.25, -0.2) is 9.59 Å². The Kier molecular flexibility index (Phi) is 11.0. The molecule has 0 heterocycles. The van der Waals surface area contributed by atoms with E-state index in [9.17, 15) is 29.4 Å². The average Bonchev–Trinajstić information content (AvgIpc) is 2.84. The van der Waals surface area contributed by atoms with Crippen LogP contribution in [0.1, 0.15) is 75.6 Å². The Labute approximate surface area is 224 Å². The van der Waals surface area contributed by atoms with Crippen molar-refractivity contribution in [3.63, 3.8) is 0 Å². The minimum Gasteiger partial charge on any atom is -0.478 e. The first kappa shape index (κ1) is 30.5. The molecule has 2 aromatic carbocycles. The Bertz CT molecular complexity index is 1010. The van der Waals surface area contributed by atoms with Gasteiger partial charge in [0.2, 0.25) is 12.2 Å². The van der Waals surface area contributed by atoms with Gasteiger partial charge in [0.05, 0.1) is 11.8 Å². The lowest BCUT2D eigenvalue weighted by molar-refractivity contribution is -0.188. The summed E-state index contributed by atoms with van der Waals surface area (Å²) in [4.78, 5) is 49.4. The molecule has 0 aliphatic carbocycles. The summed E-state index contributed by atoms with van der Waals surface area (Å²) < 4.78 is 10.2. The predicted molar refractivity (Wildman–Crippen MR) is 142 cm³/mol. The van der Waals surface area contributed by atoms with Crippen molar-refractivity contribution in [3.05, 3.63) is 70.8 Å². The maximum absolute atomic E-state index is 12.8. The fourth-order valence-corrected chi connectivity index (χ4v) is 4.04. The van der Waals surface area contributed by atoms with Crippen LogP contribution in [0.25, 0.3) is 0 Å². The van der Waals surface area contributed by atoms with Crippen LogP contribution in [-0.2, 0) is 41.5 Å². The number of esters is 2. The minimum atomic E-state index is -2.22. The number of carboxylic acid groups (broad SMARTS) is 2. The number of aliphatic carboxylic acids is 2. The van der Waals surface area contributed by atoms with Gasteiger partial charge >= 0.3 is 23.9 Å². The Morgan fingerprint density at radius 1 is 0.579 bits per heavy atom. The highest BCUT2D eigenvalue weighted by molar-refractivity contribution is 5.89. The first-order chi connectivity index (χ1) is 17.8. The van der Waals surface area contributed by atoms with Gasteiger partial charge < -0.3 is 19.7 Å². The fraction of sp³-hybridized carbons (Fsp3) is 0.467. The molecule has 8 heteroatoms. The quantitative estimate of drug-likeness (QED) is 0.350. The summed E-state index contributed by atoms with van der Waals surface area (Å²) in [7, 11) is 0. The Morgan fingerprint density at radius 3 is 1.11 bits per heavy atom. The highest BCUT2D eigenvalue weighted by Gasteiger charge is 2.42. The van der Waals surface area contributed by atoms with Crippen molar-refractivity contribution in [3.8, 4) is 0 Å². The molecule has 4 atom stereocenters. The summed E-state index contributed by atoms with van der Waals surface area (Å²) in [5, 5.41) is 19.3. The summed E-state index contributed by atoms with van der Waals surface area (Å²) in [5.41, 5.74) is 3.36. The molecule has 0 aliphatic heterocycles. The van der Waals surface area contributed by atoms with Crippen LogP contribution in [0.15, 0.2) is 48.5 Å². The predicted octanol–water partition coefficient (Wildman–Crippen LogP) is 4.98. The van der Waals surface area contributed by atoms with Crippen LogP contribution in [0.2, 0.25) is 0 Å². The smallest absolute Gasteiger partial charge is 0.349 e. The third-order valence-corrected chi connectivity index (χ3v) is 6.20. The van der Waals surface area contributed by atoms with E-state index in [-0.39, 0.29) is 0 Å². The van der Waals surface area contributed by atoms with Gasteiger partial charge in [-0.1, -0.05) is 76.2 Å². The topological polar surface area (TPSA) is 127 Å². The second-order valence-electron chi connectivity index (χ2n) is 10.5. The van der Waals surface area contributed by atoms with Crippen molar-refractivity contribution in [1.82, 2.24) is 0 Å². The summed E-state index contributed by atoms with van der Waals surface area (Å²) >= 11 is 0. The normalized spacial score (nSPS) is 14.4. The molecule has 8 nitrogen and oxygen atoms in total. The van der Waals surface area contributed by atoms with Crippen LogP contribution < -0.4 is 0 Å². The third-order valence-electron chi connectivity index (χ3n) is 6.20. The lowest BCUT2D eigenvalue weighted by Gasteiger charge is -2.24. The Hall–Kier alpha value is -3.68. The van der Waals surface area contributed by atoms with Crippen molar-refractivity contribution in [2.45, 2.75) is 78.4 Å². The van der Waals surface area contributed by atoms with E-state index < -0.39 is 47.9 Å². The molecule has 2 aromatic rings. The molecule has 0 radical (unpaired) electrons. The van der Waals surface area contributed by atoms with E-state index in [1.165, 1.54) is 13.8 Å². The van der Waals surface area contributed by atoms with E-state index in [2.05, 4.69) is 27.7 Å². The molecule has 0 amide bonds. The zero-order valence-electron chi connectivity index (χ0n) is 22.8. The van der Waals surface area contributed by atoms with Crippen LogP contribution in [0, 0.1) is 11.8 Å². The van der Waals surface area contributed by atoms with Gasteiger partial charge in [-0.3, -0.25) is 9.59 Å².